The lowest BCUT2D eigenvalue weighted by atomic mass is 10.1. The molecule has 1 saturated heterocycles. The standard InChI is InChI=1S/C17H28N4O2/c18-16-8-7-15(14-19-16)21-12-10-20(11-13-21)9-5-3-1-2-4-6-17(22)23/h7-8,14H,1-6,9-13H2,(H2,18,19)(H,22,23). The van der Waals surface area contributed by atoms with Crippen LogP contribution >= 0.6 is 0 Å². The number of piperazine rings is 1. The molecule has 1 fully saturated rings. The van der Waals surface area contributed by atoms with E-state index in [4.69, 9.17) is 10.8 Å². The number of hydrogen-bond donors (Lipinski definition) is 2. The van der Waals surface area contributed by atoms with Crippen LogP contribution in [0, 0.1) is 0 Å². The third kappa shape index (κ3) is 6.44. The SMILES string of the molecule is Nc1ccc(N2CCN(CCCCCCCC(=O)O)CC2)cn1. The van der Waals surface area contributed by atoms with Crippen LogP contribution in [0.2, 0.25) is 0 Å². The Balaban J connectivity index is 1.55. The average molecular weight is 320 g/mol. The van der Waals surface area contributed by atoms with Crippen LogP contribution in [0.4, 0.5) is 11.5 Å². The van der Waals surface area contributed by atoms with Gasteiger partial charge in [0.1, 0.15) is 5.82 Å². The van der Waals surface area contributed by atoms with Crippen molar-refractivity contribution < 1.29 is 9.90 Å². The monoisotopic (exact) mass is 320 g/mol. The predicted molar refractivity (Wildman–Crippen MR) is 92.6 cm³/mol. The first-order valence-corrected chi connectivity index (χ1v) is 8.56. The number of aromatic nitrogens is 1. The Morgan fingerprint density at radius 1 is 1.09 bits per heavy atom. The van der Waals surface area contributed by atoms with Gasteiger partial charge in [-0.2, -0.15) is 0 Å². The molecule has 0 aliphatic carbocycles. The van der Waals surface area contributed by atoms with Gasteiger partial charge >= 0.3 is 5.97 Å². The zero-order chi connectivity index (χ0) is 16.5. The number of nitrogens with zero attached hydrogens (tertiary/aromatic N) is 3. The molecule has 0 unspecified atom stereocenters. The minimum absolute atomic E-state index is 0.307. The molecule has 3 N–H and O–H groups in total. The molecular weight excluding hydrogens is 292 g/mol. The van der Waals surface area contributed by atoms with Gasteiger partial charge in [-0.1, -0.05) is 19.3 Å². The molecule has 0 spiro atoms. The van der Waals surface area contributed by atoms with Crippen molar-refractivity contribution in [1.29, 1.82) is 0 Å². The molecule has 2 rings (SSSR count). The Morgan fingerprint density at radius 2 is 1.78 bits per heavy atom. The van der Waals surface area contributed by atoms with E-state index in [1.54, 1.807) is 0 Å². The molecule has 128 valence electrons. The summed E-state index contributed by atoms with van der Waals surface area (Å²) in [6.45, 7) is 5.38. The highest BCUT2D eigenvalue weighted by Gasteiger charge is 2.16. The number of carbonyl (C=O) groups is 1. The summed E-state index contributed by atoms with van der Waals surface area (Å²) in [5, 5.41) is 8.58. The fraction of sp³-hybridized carbons (Fsp3) is 0.647. The van der Waals surface area contributed by atoms with Crippen molar-refractivity contribution in [2.45, 2.75) is 38.5 Å². The predicted octanol–water partition coefficient (Wildman–Crippen LogP) is 2.21. The molecule has 1 aliphatic heterocycles. The van der Waals surface area contributed by atoms with E-state index < -0.39 is 5.97 Å². The highest BCUT2D eigenvalue weighted by molar-refractivity contribution is 5.66. The number of unbranched alkanes of at least 4 members (excludes halogenated alkanes) is 4. The van der Waals surface area contributed by atoms with Gasteiger partial charge in [-0.05, 0) is 31.5 Å². The summed E-state index contributed by atoms with van der Waals surface area (Å²) in [7, 11) is 0. The van der Waals surface area contributed by atoms with Crippen LogP contribution < -0.4 is 10.6 Å². The second kappa shape index (κ2) is 9.35. The van der Waals surface area contributed by atoms with Crippen molar-refractivity contribution in [3.05, 3.63) is 18.3 Å². The van der Waals surface area contributed by atoms with E-state index in [0.29, 0.717) is 12.2 Å². The zero-order valence-corrected chi connectivity index (χ0v) is 13.8. The van der Waals surface area contributed by atoms with Crippen molar-refractivity contribution in [2.75, 3.05) is 43.4 Å². The number of aliphatic carboxylic acids is 1. The second-order valence-electron chi connectivity index (χ2n) is 6.18. The number of anilines is 2. The van der Waals surface area contributed by atoms with Crippen molar-refractivity contribution in [3.8, 4) is 0 Å². The first-order valence-electron chi connectivity index (χ1n) is 8.56. The molecule has 0 amide bonds. The Bertz CT molecular complexity index is 470. The Morgan fingerprint density at radius 3 is 2.43 bits per heavy atom. The maximum Gasteiger partial charge on any atom is 0.303 e. The minimum atomic E-state index is -0.681. The van der Waals surface area contributed by atoms with E-state index >= 15 is 0 Å². The highest BCUT2D eigenvalue weighted by atomic mass is 16.4. The van der Waals surface area contributed by atoms with E-state index in [9.17, 15) is 4.79 Å². The number of rotatable bonds is 9. The van der Waals surface area contributed by atoms with Gasteiger partial charge in [0.2, 0.25) is 0 Å². The average Bonchev–Trinajstić information content (AvgIpc) is 2.55. The van der Waals surface area contributed by atoms with Crippen LogP contribution in [-0.4, -0.2) is 53.7 Å². The Hall–Kier alpha value is -1.82. The third-order valence-electron chi connectivity index (χ3n) is 4.37. The van der Waals surface area contributed by atoms with Gasteiger partial charge in [0.05, 0.1) is 11.9 Å². The highest BCUT2D eigenvalue weighted by Crippen LogP contribution is 2.16. The molecule has 1 aliphatic rings. The van der Waals surface area contributed by atoms with Gasteiger partial charge in [0.15, 0.2) is 0 Å². The van der Waals surface area contributed by atoms with Gasteiger partial charge in [-0.25, -0.2) is 4.98 Å². The van der Waals surface area contributed by atoms with Gasteiger partial charge < -0.3 is 15.7 Å². The van der Waals surface area contributed by atoms with E-state index in [0.717, 1.165) is 57.7 Å². The van der Waals surface area contributed by atoms with Crippen LogP contribution in [0.5, 0.6) is 0 Å². The fourth-order valence-electron chi connectivity index (χ4n) is 2.96. The molecular formula is C17H28N4O2. The summed E-state index contributed by atoms with van der Waals surface area (Å²) in [5.41, 5.74) is 6.77. The third-order valence-corrected chi connectivity index (χ3v) is 4.37. The summed E-state index contributed by atoms with van der Waals surface area (Å²) in [6.07, 6.45) is 7.54. The van der Waals surface area contributed by atoms with Crippen molar-refractivity contribution in [1.82, 2.24) is 9.88 Å². The molecule has 6 heteroatoms. The number of nitrogens with two attached hydrogens (primary N) is 1. The molecule has 0 aromatic carbocycles. The molecule has 1 aromatic rings. The zero-order valence-electron chi connectivity index (χ0n) is 13.8. The van der Waals surface area contributed by atoms with Crippen LogP contribution in [0.25, 0.3) is 0 Å². The molecule has 2 heterocycles. The maximum atomic E-state index is 10.4. The number of hydrogen-bond acceptors (Lipinski definition) is 5. The van der Waals surface area contributed by atoms with Crippen LogP contribution in [0.1, 0.15) is 38.5 Å². The Kier molecular flexibility index (Phi) is 7.13. The second-order valence-corrected chi connectivity index (χ2v) is 6.18. The number of pyridine rings is 1. The summed E-state index contributed by atoms with van der Waals surface area (Å²) in [5.74, 6) is -0.116. The van der Waals surface area contributed by atoms with Crippen LogP contribution in [0.15, 0.2) is 18.3 Å². The van der Waals surface area contributed by atoms with Crippen molar-refractivity contribution in [2.24, 2.45) is 0 Å². The largest absolute Gasteiger partial charge is 0.481 e. The lowest BCUT2D eigenvalue weighted by molar-refractivity contribution is -0.137. The molecule has 0 atom stereocenters. The smallest absolute Gasteiger partial charge is 0.303 e. The van der Waals surface area contributed by atoms with Crippen molar-refractivity contribution >= 4 is 17.5 Å². The minimum Gasteiger partial charge on any atom is -0.481 e. The van der Waals surface area contributed by atoms with Gasteiger partial charge in [0.25, 0.3) is 0 Å². The molecule has 1 aromatic heterocycles. The topological polar surface area (TPSA) is 82.7 Å². The molecule has 6 nitrogen and oxygen atoms in total. The first-order chi connectivity index (χ1) is 11.1. The fourth-order valence-corrected chi connectivity index (χ4v) is 2.96. The van der Waals surface area contributed by atoms with Gasteiger partial charge in [0, 0.05) is 32.6 Å². The first kappa shape index (κ1) is 17.5. The molecule has 0 saturated carbocycles. The lowest BCUT2D eigenvalue weighted by Gasteiger charge is -2.36. The number of carboxylic acid groups (broad SMARTS) is 1. The molecule has 23 heavy (non-hydrogen) atoms. The van der Waals surface area contributed by atoms with E-state index in [1.807, 2.05) is 18.3 Å². The summed E-state index contributed by atoms with van der Waals surface area (Å²) in [6, 6.07) is 3.89. The maximum absolute atomic E-state index is 10.4. The van der Waals surface area contributed by atoms with Gasteiger partial charge in [-0.15, -0.1) is 0 Å². The summed E-state index contributed by atoms with van der Waals surface area (Å²) < 4.78 is 0. The van der Waals surface area contributed by atoms with E-state index in [1.165, 1.54) is 12.8 Å². The van der Waals surface area contributed by atoms with E-state index in [-0.39, 0.29) is 0 Å². The number of nitrogen functional groups attached to an aromatic ring is 1. The molecule has 0 radical (unpaired) electrons. The normalized spacial score (nSPS) is 15.7. The summed E-state index contributed by atoms with van der Waals surface area (Å²) in [4.78, 5) is 19.4. The number of carboxylic acids is 1. The van der Waals surface area contributed by atoms with Crippen LogP contribution in [0.3, 0.4) is 0 Å². The van der Waals surface area contributed by atoms with E-state index in [2.05, 4.69) is 14.8 Å². The Labute approximate surface area is 138 Å². The quantitative estimate of drug-likeness (QED) is 0.679. The summed E-state index contributed by atoms with van der Waals surface area (Å²) >= 11 is 0. The lowest BCUT2D eigenvalue weighted by Crippen LogP contribution is -2.46. The van der Waals surface area contributed by atoms with Gasteiger partial charge in [-0.3, -0.25) is 9.69 Å². The van der Waals surface area contributed by atoms with Crippen LogP contribution in [-0.2, 0) is 4.79 Å². The molecule has 0 bridgehead atoms. The van der Waals surface area contributed by atoms with Crippen molar-refractivity contribution in [3.63, 3.8) is 0 Å².